The third-order valence-corrected chi connectivity index (χ3v) is 1.92. The molecule has 0 aromatic carbocycles. The van der Waals surface area contributed by atoms with E-state index in [9.17, 15) is 4.79 Å². The molecule has 1 heterocycles. The topological polar surface area (TPSA) is 67.6 Å². The molecule has 1 saturated heterocycles. The molecule has 6 heteroatoms. The van der Waals surface area contributed by atoms with E-state index < -0.39 is 0 Å². The normalized spacial score (nSPS) is 16.8. The molecule has 0 saturated carbocycles. The van der Waals surface area contributed by atoms with Crippen LogP contribution in [0.4, 0.5) is 0 Å². The molecule has 0 atom stereocenters. The van der Waals surface area contributed by atoms with E-state index >= 15 is 0 Å². The number of carbonyl (C=O) groups is 1. The molecule has 0 unspecified atom stereocenters. The Kier molecular flexibility index (Phi) is 3.91. The Morgan fingerprint density at radius 3 is 2.69 bits per heavy atom. The third-order valence-electron chi connectivity index (χ3n) is 1.78. The van der Waals surface area contributed by atoms with Crippen LogP contribution in [0.5, 0.6) is 0 Å². The van der Waals surface area contributed by atoms with Crippen LogP contribution >= 0.6 is 12.2 Å². The Bertz CT molecular complexity index is 204. The van der Waals surface area contributed by atoms with E-state index in [0.717, 1.165) is 0 Å². The SMILES string of the molecule is NC(=S)NCC(=O)N1CCOCC1. The lowest BCUT2D eigenvalue weighted by Gasteiger charge is -2.26. The number of hydrogen-bond acceptors (Lipinski definition) is 3. The van der Waals surface area contributed by atoms with Gasteiger partial charge in [0.1, 0.15) is 0 Å². The first-order valence-corrected chi connectivity index (χ1v) is 4.50. The molecule has 1 aliphatic heterocycles. The molecule has 0 aromatic rings. The van der Waals surface area contributed by atoms with Crippen molar-refractivity contribution in [3.05, 3.63) is 0 Å². The maximum atomic E-state index is 11.4. The number of nitrogens with two attached hydrogens (primary N) is 1. The molecule has 1 rings (SSSR count). The zero-order valence-electron chi connectivity index (χ0n) is 7.28. The summed E-state index contributed by atoms with van der Waals surface area (Å²) in [5.41, 5.74) is 5.20. The molecule has 1 aliphatic rings. The largest absolute Gasteiger partial charge is 0.378 e. The van der Waals surface area contributed by atoms with Crippen molar-refractivity contribution in [3.8, 4) is 0 Å². The molecule has 5 nitrogen and oxygen atoms in total. The van der Waals surface area contributed by atoms with E-state index in [0.29, 0.717) is 26.3 Å². The monoisotopic (exact) mass is 203 g/mol. The molecule has 1 amide bonds. The highest BCUT2D eigenvalue weighted by atomic mass is 32.1. The lowest BCUT2D eigenvalue weighted by molar-refractivity contribution is -0.133. The smallest absolute Gasteiger partial charge is 0.242 e. The van der Waals surface area contributed by atoms with Gasteiger partial charge in [-0.15, -0.1) is 0 Å². The first-order valence-electron chi connectivity index (χ1n) is 4.09. The predicted octanol–water partition coefficient (Wildman–Crippen LogP) is -1.32. The van der Waals surface area contributed by atoms with Gasteiger partial charge in [-0.1, -0.05) is 0 Å². The van der Waals surface area contributed by atoms with Crippen LogP contribution in [-0.4, -0.2) is 48.8 Å². The van der Waals surface area contributed by atoms with Gasteiger partial charge in [-0.2, -0.15) is 0 Å². The van der Waals surface area contributed by atoms with E-state index in [4.69, 9.17) is 10.5 Å². The minimum Gasteiger partial charge on any atom is -0.378 e. The average molecular weight is 203 g/mol. The second-order valence-corrected chi connectivity index (χ2v) is 3.15. The van der Waals surface area contributed by atoms with Gasteiger partial charge in [0.05, 0.1) is 19.8 Å². The molecule has 1 fully saturated rings. The van der Waals surface area contributed by atoms with Crippen LogP contribution in [0.25, 0.3) is 0 Å². The molecular weight excluding hydrogens is 190 g/mol. The molecule has 0 aromatic heterocycles. The highest BCUT2D eigenvalue weighted by Gasteiger charge is 2.15. The summed E-state index contributed by atoms with van der Waals surface area (Å²) in [6, 6.07) is 0. The number of morpholine rings is 1. The van der Waals surface area contributed by atoms with Crippen molar-refractivity contribution in [3.63, 3.8) is 0 Å². The van der Waals surface area contributed by atoms with Crippen LogP contribution in [0.2, 0.25) is 0 Å². The Morgan fingerprint density at radius 1 is 1.54 bits per heavy atom. The lowest BCUT2D eigenvalue weighted by atomic mass is 10.4. The van der Waals surface area contributed by atoms with Crippen LogP contribution in [0.1, 0.15) is 0 Å². The fourth-order valence-corrected chi connectivity index (χ4v) is 1.16. The minimum absolute atomic E-state index is 0.0103. The van der Waals surface area contributed by atoms with E-state index in [-0.39, 0.29) is 17.6 Å². The number of hydrogen-bond donors (Lipinski definition) is 2. The van der Waals surface area contributed by atoms with Crippen molar-refractivity contribution < 1.29 is 9.53 Å². The third kappa shape index (κ3) is 3.56. The maximum absolute atomic E-state index is 11.4. The lowest BCUT2D eigenvalue weighted by Crippen LogP contribution is -2.46. The summed E-state index contributed by atoms with van der Waals surface area (Å²) < 4.78 is 5.11. The van der Waals surface area contributed by atoms with Gasteiger partial charge in [0.15, 0.2) is 5.11 Å². The standard InChI is InChI=1S/C7H13N3O2S/c8-7(13)9-5-6(11)10-1-3-12-4-2-10/h1-5H2,(H3,8,9,13). The Hall–Kier alpha value is -0.880. The van der Waals surface area contributed by atoms with Crippen LogP contribution in [0.3, 0.4) is 0 Å². The number of ether oxygens (including phenoxy) is 1. The number of nitrogens with one attached hydrogen (secondary N) is 1. The molecule has 0 spiro atoms. The first-order chi connectivity index (χ1) is 6.20. The van der Waals surface area contributed by atoms with Gasteiger partial charge in [0.2, 0.25) is 5.91 Å². The number of amides is 1. The zero-order valence-corrected chi connectivity index (χ0v) is 8.10. The Labute approximate surface area is 82.2 Å². The molecule has 3 N–H and O–H groups in total. The summed E-state index contributed by atoms with van der Waals surface area (Å²) in [5, 5.41) is 2.77. The highest BCUT2D eigenvalue weighted by Crippen LogP contribution is 1.96. The van der Waals surface area contributed by atoms with E-state index in [1.165, 1.54) is 0 Å². The fraction of sp³-hybridized carbons (Fsp3) is 0.714. The van der Waals surface area contributed by atoms with E-state index in [1.807, 2.05) is 0 Å². The van der Waals surface area contributed by atoms with Crippen LogP contribution in [0, 0.1) is 0 Å². The second kappa shape index (κ2) is 4.98. The summed E-state index contributed by atoms with van der Waals surface area (Å²) in [4.78, 5) is 13.1. The fourth-order valence-electron chi connectivity index (χ4n) is 1.09. The van der Waals surface area contributed by atoms with Gasteiger partial charge in [0, 0.05) is 13.1 Å². The van der Waals surface area contributed by atoms with Gasteiger partial charge >= 0.3 is 0 Å². The van der Waals surface area contributed by atoms with Crippen molar-refractivity contribution in [2.45, 2.75) is 0 Å². The van der Waals surface area contributed by atoms with E-state index in [2.05, 4.69) is 17.5 Å². The van der Waals surface area contributed by atoms with Gasteiger partial charge in [-0.3, -0.25) is 4.79 Å². The minimum atomic E-state index is 0.0103. The molecule has 0 aliphatic carbocycles. The van der Waals surface area contributed by atoms with Crippen molar-refractivity contribution >= 4 is 23.2 Å². The molecule has 0 radical (unpaired) electrons. The number of nitrogens with zero attached hydrogens (tertiary/aromatic N) is 1. The number of carbonyl (C=O) groups excluding carboxylic acids is 1. The van der Waals surface area contributed by atoms with Crippen LogP contribution in [-0.2, 0) is 9.53 Å². The second-order valence-electron chi connectivity index (χ2n) is 2.71. The Balaban J connectivity index is 2.25. The van der Waals surface area contributed by atoms with Gasteiger partial charge in [-0.25, -0.2) is 0 Å². The molecule has 74 valence electrons. The molecular formula is C7H13N3O2S. The first kappa shape index (κ1) is 10.2. The average Bonchev–Trinajstić information content (AvgIpc) is 2.15. The molecule has 0 bridgehead atoms. The summed E-state index contributed by atoms with van der Waals surface area (Å²) in [6.45, 7) is 2.70. The van der Waals surface area contributed by atoms with Crippen molar-refractivity contribution in [1.82, 2.24) is 10.2 Å². The van der Waals surface area contributed by atoms with Crippen molar-refractivity contribution in [1.29, 1.82) is 0 Å². The Morgan fingerprint density at radius 2 is 2.15 bits per heavy atom. The van der Waals surface area contributed by atoms with Crippen molar-refractivity contribution in [2.24, 2.45) is 5.73 Å². The van der Waals surface area contributed by atoms with Gasteiger partial charge < -0.3 is 20.7 Å². The van der Waals surface area contributed by atoms with Crippen LogP contribution < -0.4 is 11.1 Å². The number of thiocarbonyl (C=S) groups is 1. The predicted molar refractivity (Wildman–Crippen MR) is 52.2 cm³/mol. The summed E-state index contributed by atoms with van der Waals surface area (Å²) in [5.74, 6) is 0.0103. The quantitative estimate of drug-likeness (QED) is 0.545. The summed E-state index contributed by atoms with van der Waals surface area (Å²) >= 11 is 4.59. The number of rotatable bonds is 2. The van der Waals surface area contributed by atoms with Gasteiger partial charge in [-0.05, 0) is 12.2 Å². The summed E-state index contributed by atoms with van der Waals surface area (Å²) in [7, 11) is 0. The summed E-state index contributed by atoms with van der Waals surface area (Å²) in [6.07, 6.45) is 0. The van der Waals surface area contributed by atoms with Gasteiger partial charge in [0.25, 0.3) is 0 Å². The van der Waals surface area contributed by atoms with Crippen molar-refractivity contribution in [2.75, 3.05) is 32.8 Å². The maximum Gasteiger partial charge on any atom is 0.242 e. The van der Waals surface area contributed by atoms with E-state index in [1.54, 1.807) is 4.90 Å². The highest BCUT2D eigenvalue weighted by molar-refractivity contribution is 7.80. The molecule has 13 heavy (non-hydrogen) atoms. The zero-order chi connectivity index (χ0) is 9.68. The van der Waals surface area contributed by atoms with Crippen LogP contribution in [0.15, 0.2) is 0 Å².